The summed E-state index contributed by atoms with van der Waals surface area (Å²) in [4.78, 5) is 21.8. The number of hydrogen-bond acceptors (Lipinski definition) is 4. The zero-order valence-electron chi connectivity index (χ0n) is 9.40. The zero-order chi connectivity index (χ0) is 12.6. The Morgan fingerprint density at radius 2 is 2.00 bits per heavy atom. The average Bonchev–Trinajstić information content (AvgIpc) is 2.22. The van der Waals surface area contributed by atoms with Crippen LogP contribution in [0.25, 0.3) is 0 Å². The standard InChI is InChI=1S/C9H18N2O5/c1-6(3-4-16-2)10-9(15)11-7(5-12)8(13)14/h6-7,12H,3-5H2,1-2H3,(H,13,14)(H2,10,11,15). The quantitative estimate of drug-likeness (QED) is 0.459. The van der Waals surface area contributed by atoms with Crippen LogP contribution in [0, 0.1) is 0 Å². The van der Waals surface area contributed by atoms with Crippen LogP contribution in [0.5, 0.6) is 0 Å². The van der Waals surface area contributed by atoms with E-state index in [9.17, 15) is 9.59 Å². The van der Waals surface area contributed by atoms with Gasteiger partial charge in [0.25, 0.3) is 0 Å². The molecule has 2 atom stereocenters. The first kappa shape index (κ1) is 14.7. The van der Waals surface area contributed by atoms with E-state index in [1.54, 1.807) is 14.0 Å². The predicted octanol–water partition coefficient (Wildman–Crippen LogP) is -0.844. The van der Waals surface area contributed by atoms with Gasteiger partial charge in [0.05, 0.1) is 6.61 Å². The van der Waals surface area contributed by atoms with E-state index < -0.39 is 24.6 Å². The third-order valence-corrected chi connectivity index (χ3v) is 1.92. The van der Waals surface area contributed by atoms with Gasteiger partial charge in [-0.25, -0.2) is 9.59 Å². The van der Waals surface area contributed by atoms with Gasteiger partial charge in [-0.3, -0.25) is 0 Å². The van der Waals surface area contributed by atoms with Crippen molar-refractivity contribution in [2.75, 3.05) is 20.3 Å². The van der Waals surface area contributed by atoms with Crippen LogP contribution >= 0.6 is 0 Å². The number of carboxylic acids is 1. The predicted molar refractivity (Wildman–Crippen MR) is 56.1 cm³/mol. The van der Waals surface area contributed by atoms with E-state index in [0.29, 0.717) is 13.0 Å². The van der Waals surface area contributed by atoms with Crippen LogP contribution in [0.1, 0.15) is 13.3 Å². The zero-order valence-corrected chi connectivity index (χ0v) is 9.40. The van der Waals surface area contributed by atoms with E-state index in [4.69, 9.17) is 14.9 Å². The number of methoxy groups -OCH3 is 1. The molecule has 0 radical (unpaired) electrons. The molecule has 0 saturated heterocycles. The molecule has 0 fully saturated rings. The fourth-order valence-corrected chi connectivity index (χ4v) is 0.976. The molecule has 0 aliphatic heterocycles. The van der Waals surface area contributed by atoms with Crippen molar-refractivity contribution in [3.63, 3.8) is 0 Å². The van der Waals surface area contributed by atoms with E-state index in [0.717, 1.165) is 0 Å². The van der Waals surface area contributed by atoms with E-state index in [1.165, 1.54) is 0 Å². The number of rotatable bonds is 7. The van der Waals surface area contributed by atoms with Gasteiger partial charge < -0.3 is 25.6 Å². The molecule has 94 valence electrons. The Labute approximate surface area is 93.8 Å². The van der Waals surface area contributed by atoms with Crippen molar-refractivity contribution in [3.05, 3.63) is 0 Å². The maximum Gasteiger partial charge on any atom is 0.328 e. The largest absolute Gasteiger partial charge is 0.480 e. The second-order valence-electron chi connectivity index (χ2n) is 3.37. The number of hydrogen-bond donors (Lipinski definition) is 4. The SMILES string of the molecule is COCCC(C)NC(=O)NC(CO)C(=O)O. The number of carbonyl (C=O) groups is 2. The second kappa shape index (κ2) is 7.89. The molecule has 2 amide bonds. The fourth-order valence-electron chi connectivity index (χ4n) is 0.976. The lowest BCUT2D eigenvalue weighted by molar-refractivity contribution is -0.140. The van der Waals surface area contributed by atoms with Crippen LogP contribution in [-0.2, 0) is 9.53 Å². The highest BCUT2D eigenvalue weighted by Crippen LogP contribution is 1.91. The minimum atomic E-state index is -1.28. The molecule has 0 aromatic heterocycles. The van der Waals surface area contributed by atoms with Crippen LogP contribution in [0.2, 0.25) is 0 Å². The molecule has 0 saturated carbocycles. The van der Waals surface area contributed by atoms with E-state index in [1.807, 2.05) is 0 Å². The molecule has 0 heterocycles. The monoisotopic (exact) mass is 234 g/mol. The topological polar surface area (TPSA) is 108 Å². The molecule has 7 nitrogen and oxygen atoms in total. The number of carbonyl (C=O) groups excluding carboxylic acids is 1. The molecular formula is C9H18N2O5. The average molecular weight is 234 g/mol. The Balaban J connectivity index is 3.92. The van der Waals surface area contributed by atoms with E-state index in [-0.39, 0.29) is 6.04 Å². The Morgan fingerprint density at radius 3 is 2.44 bits per heavy atom. The highest BCUT2D eigenvalue weighted by atomic mass is 16.5. The van der Waals surface area contributed by atoms with E-state index >= 15 is 0 Å². The summed E-state index contributed by atoms with van der Waals surface area (Å²) >= 11 is 0. The van der Waals surface area contributed by atoms with Crippen molar-refractivity contribution < 1.29 is 24.5 Å². The number of urea groups is 1. The third kappa shape index (κ3) is 6.20. The van der Waals surface area contributed by atoms with Crippen LogP contribution in [0.3, 0.4) is 0 Å². The lowest BCUT2D eigenvalue weighted by Crippen LogP contribution is -2.50. The van der Waals surface area contributed by atoms with Gasteiger partial charge in [-0.1, -0.05) is 0 Å². The van der Waals surface area contributed by atoms with Gasteiger partial charge in [0.1, 0.15) is 0 Å². The number of aliphatic carboxylic acids is 1. The van der Waals surface area contributed by atoms with Crippen molar-refractivity contribution >= 4 is 12.0 Å². The number of nitrogens with one attached hydrogen (secondary N) is 2. The molecule has 0 spiro atoms. The molecule has 4 N–H and O–H groups in total. The minimum Gasteiger partial charge on any atom is -0.480 e. The van der Waals surface area contributed by atoms with Crippen molar-refractivity contribution in [2.24, 2.45) is 0 Å². The molecule has 7 heteroatoms. The second-order valence-corrected chi connectivity index (χ2v) is 3.37. The summed E-state index contributed by atoms with van der Waals surface area (Å²) < 4.78 is 4.83. The Morgan fingerprint density at radius 1 is 1.38 bits per heavy atom. The molecule has 0 bridgehead atoms. The summed E-state index contributed by atoms with van der Waals surface area (Å²) in [5.74, 6) is -1.28. The number of carboxylic acid groups (broad SMARTS) is 1. The molecule has 0 aliphatic carbocycles. The van der Waals surface area contributed by atoms with E-state index in [2.05, 4.69) is 10.6 Å². The highest BCUT2D eigenvalue weighted by molar-refractivity contribution is 5.82. The van der Waals surface area contributed by atoms with Crippen molar-refractivity contribution in [1.29, 1.82) is 0 Å². The Hall–Kier alpha value is -1.34. The van der Waals surface area contributed by atoms with Gasteiger partial charge in [0, 0.05) is 19.8 Å². The summed E-state index contributed by atoms with van der Waals surface area (Å²) in [6.45, 7) is 1.63. The van der Waals surface area contributed by atoms with Crippen LogP contribution < -0.4 is 10.6 Å². The summed E-state index contributed by atoms with van der Waals surface area (Å²) in [7, 11) is 1.55. The normalized spacial score (nSPS) is 13.9. The lowest BCUT2D eigenvalue weighted by Gasteiger charge is -2.16. The fraction of sp³-hybridized carbons (Fsp3) is 0.778. The van der Waals surface area contributed by atoms with Crippen molar-refractivity contribution in [3.8, 4) is 0 Å². The molecule has 2 unspecified atom stereocenters. The van der Waals surface area contributed by atoms with Gasteiger partial charge >= 0.3 is 12.0 Å². The molecule has 16 heavy (non-hydrogen) atoms. The number of aliphatic hydroxyl groups excluding tert-OH is 1. The van der Waals surface area contributed by atoms with Crippen LogP contribution in [0.4, 0.5) is 4.79 Å². The summed E-state index contributed by atoms with van der Waals surface area (Å²) in [6.07, 6.45) is 0.626. The third-order valence-electron chi connectivity index (χ3n) is 1.92. The van der Waals surface area contributed by atoms with Crippen LogP contribution in [0.15, 0.2) is 0 Å². The lowest BCUT2D eigenvalue weighted by atomic mass is 10.2. The van der Waals surface area contributed by atoms with Crippen molar-refractivity contribution in [2.45, 2.75) is 25.4 Å². The van der Waals surface area contributed by atoms with Gasteiger partial charge in [0.15, 0.2) is 6.04 Å². The first-order chi connectivity index (χ1) is 7.51. The summed E-state index contributed by atoms with van der Waals surface area (Å²) in [5, 5.41) is 21.9. The summed E-state index contributed by atoms with van der Waals surface area (Å²) in [5.41, 5.74) is 0. The van der Waals surface area contributed by atoms with Crippen molar-refractivity contribution in [1.82, 2.24) is 10.6 Å². The smallest absolute Gasteiger partial charge is 0.328 e. The Kier molecular flexibility index (Phi) is 7.23. The number of amides is 2. The number of aliphatic hydroxyl groups is 1. The Bertz CT molecular complexity index is 234. The van der Waals surface area contributed by atoms with Crippen LogP contribution in [-0.4, -0.2) is 54.6 Å². The van der Waals surface area contributed by atoms with Gasteiger partial charge in [-0.2, -0.15) is 0 Å². The maximum atomic E-state index is 11.3. The first-order valence-electron chi connectivity index (χ1n) is 4.90. The maximum absolute atomic E-state index is 11.3. The first-order valence-corrected chi connectivity index (χ1v) is 4.90. The summed E-state index contributed by atoms with van der Waals surface area (Å²) in [6, 6.07) is -2.03. The van der Waals surface area contributed by atoms with Gasteiger partial charge in [0.2, 0.25) is 0 Å². The molecular weight excluding hydrogens is 216 g/mol. The molecule has 0 aliphatic rings. The molecule has 0 aromatic carbocycles. The highest BCUT2D eigenvalue weighted by Gasteiger charge is 2.19. The number of ether oxygens (including phenoxy) is 1. The molecule has 0 aromatic rings. The van der Waals surface area contributed by atoms with Gasteiger partial charge in [-0.15, -0.1) is 0 Å². The molecule has 0 rings (SSSR count). The van der Waals surface area contributed by atoms with Gasteiger partial charge in [-0.05, 0) is 13.3 Å². The minimum absolute atomic E-state index is 0.131.